The van der Waals surface area contributed by atoms with Gasteiger partial charge in [-0.1, -0.05) is 121 Å². The van der Waals surface area contributed by atoms with Crippen LogP contribution in [0.25, 0.3) is 107 Å². The lowest BCUT2D eigenvalue weighted by Crippen LogP contribution is -2.02. The Hall–Kier alpha value is -6.33. The van der Waals surface area contributed by atoms with Crippen molar-refractivity contribution in [3.8, 4) is 44.5 Å². The van der Waals surface area contributed by atoms with Crippen LogP contribution in [0.2, 0.25) is 0 Å². The summed E-state index contributed by atoms with van der Waals surface area (Å²) in [5.74, 6) is 0. The number of fused-ring (bicyclic) bond motifs is 8. The summed E-state index contributed by atoms with van der Waals surface area (Å²) in [6.45, 7) is 0. The van der Waals surface area contributed by atoms with Gasteiger partial charge in [-0.25, -0.2) is 0 Å². The van der Waals surface area contributed by atoms with Crippen molar-refractivity contribution in [2.75, 3.05) is 0 Å². The molecule has 53 heavy (non-hydrogen) atoms. The molecule has 0 aliphatic rings. The molecule has 3 heterocycles. The van der Waals surface area contributed by atoms with E-state index in [1.807, 2.05) is 59.1 Å². The first-order valence-electron chi connectivity index (χ1n) is 17.7. The molecule has 2 nitrogen and oxygen atoms in total. The highest BCUT2D eigenvalue weighted by Gasteiger charge is 2.15. The van der Waals surface area contributed by atoms with E-state index in [0.717, 1.165) is 33.4 Å². The third-order valence-corrected chi connectivity index (χ3v) is 12.9. The zero-order chi connectivity index (χ0) is 35.0. The lowest BCUT2D eigenvalue weighted by Gasteiger charge is -2.10. The summed E-state index contributed by atoms with van der Waals surface area (Å²) in [6, 6.07) is 59.5. The predicted octanol–water partition coefficient (Wildman–Crippen LogP) is 14.3. The van der Waals surface area contributed by atoms with Gasteiger partial charge < -0.3 is 4.42 Å². The molecule has 0 radical (unpaired) electrons. The van der Waals surface area contributed by atoms with Crippen LogP contribution in [0.3, 0.4) is 0 Å². The van der Waals surface area contributed by atoms with Gasteiger partial charge in [0.05, 0.1) is 10.8 Å². The van der Waals surface area contributed by atoms with Crippen molar-refractivity contribution in [3.05, 3.63) is 180 Å². The molecular weight excluding hydrogens is 685 g/mol. The van der Waals surface area contributed by atoms with E-state index < -0.39 is 0 Å². The van der Waals surface area contributed by atoms with E-state index >= 15 is 0 Å². The van der Waals surface area contributed by atoms with Crippen LogP contribution >= 0.6 is 22.7 Å². The van der Waals surface area contributed by atoms with Gasteiger partial charge in [0.1, 0.15) is 11.2 Å². The smallest absolute Gasteiger partial charge is 0.200 e. The molecule has 11 rings (SSSR count). The Balaban J connectivity index is 0.989. The van der Waals surface area contributed by atoms with Crippen LogP contribution < -0.4 is 5.43 Å². The average molecular weight is 713 g/mol. The van der Waals surface area contributed by atoms with Gasteiger partial charge in [-0.15, -0.1) is 22.7 Å². The Bertz CT molecular complexity index is 3110. The minimum absolute atomic E-state index is 0.0256. The normalized spacial score (nSPS) is 11.8. The van der Waals surface area contributed by atoms with Crippen molar-refractivity contribution in [3.63, 3.8) is 0 Å². The molecule has 0 spiro atoms. The van der Waals surface area contributed by atoms with Gasteiger partial charge in [-0.3, -0.25) is 4.79 Å². The Morgan fingerprint density at radius 3 is 1.26 bits per heavy atom. The molecule has 0 saturated carbocycles. The molecule has 0 fully saturated rings. The SMILES string of the molecule is O=c1c2cc(-c3cccc(-c4cccc5c4sc4ccccc45)c3)ccc2oc2ccc(-c3cccc(-c4cccc5c4sc4ccccc45)c3)cc12. The number of thiophene rings is 2. The van der Waals surface area contributed by atoms with Gasteiger partial charge in [0.25, 0.3) is 0 Å². The minimum atomic E-state index is -0.0256. The Kier molecular flexibility index (Phi) is 6.78. The Morgan fingerprint density at radius 1 is 0.340 bits per heavy atom. The molecule has 0 bridgehead atoms. The maximum atomic E-state index is 14.2. The third-order valence-electron chi connectivity index (χ3n) is 10.5. The van der Waals surface area contributed by atoms with Gasteiger partial charge in [0.15, 0.2) is 0 Å². The minimum Gasteiger partial charge on any atom is -0.456 e. The van der Waals surface area contributed by atoms with Crippen LogP contribution in [0.4, 0.5) is 0 Å². The highest BCUT2D eigenvalue weighted by atomic mass is 32.1. The number of rotatable bonds is 4. The van der Waals surface area contributed by atoms with Crippen molar-refractivity contribution >= 4 is 85.0 Å². The van der Waals surface area contributed by atoms with E-state index in [-0.39, 0.29) is 5.43 Å². The first-order valence-corrected chi connectivity index (χ1v) is 19.3. The Labute approximate surface area is 312 Å². The fourth-order valence-electron chi connectivity index (χ4n) is 7.90. The summed E-state index contributed by atoms with van der Waals surface area (Å²) in [5.41, 5.74) is 9.96. The summed E-state index contributed by atoms with van der Waals surface area (Å²) in [5, 5.41) is 6.30. The molecule has 0 aliphatic heterocycles. The Morgan fingerprint density at radius 2 is 0.755 bits per heavy atom. The summed E-state index contributed by atoms with van der Waals surface area (Å²) < 4.78 is 11.5. The maximum Gasteiger partial charge on any atom is 0.200 e. The van der Waals surface area contributed by atoms with Crippen LogP contribution in [0.15, 0.2) is 179 Å². The molecule has 0 amide bonds. The van der Waals surface area contributed by atoms with Crippen LogP contribution in [0.1, 0.15) is 0 Å². The van der Waals surface area contributed by atoms with Crippen LogP contribution in [-0.4, -0.2) is 0 Å². The molecule has 0 N–H and O–H groups in total. The van der Waals surface area contributed by atoms with E-state index in [1.54, 1.807) is 0 Å². The summed E-state index contributed by atoms with van der Waals surface area (Å²) >= 11 is 3.67. The van der Waals surface area contributed by atoms with Gasteiger partial charge in [0, 0.05) is 40.3 Å². The van der Waals surface area contributed by atoms with Gasteiger partial charge in [-0.2, -0.15) is 0 Å². The van der Waals surface area contributed by atoms with Crippen LogP contribution in [0, 0.1) is 0 Å². The summed E-state index contributed by atoms with van der Waals surface area (Å²) in [7, 11) is 0. The lowest BCUT2D eigenvalue weighted by molar-refractivity contribution is 0.660. The number of hydrogen-bond donors (Lipinski definition) is 0. The second-order valence-corrected chi connectivity index (χ2v) is 15.7. The van der Waals surface area contributed by atoms with Gasteiger partial charge in [0.2, 0.25) is 5.43 Å². The predicted molar refractivity (Wildman–Crippen MR) is 228 cm³/mol. The second-order valence-electron chi connectivity index (χ2n) is 13.6. The van der Waals surface area contributed by atoms with Crippen molar-refractivity contribution < 1.29 is 4.42 Å². The number of benzene rings is 8. The zero-order valence-corrected chi connectivity index (χ0v) is 29.9. The quantitative estimate of drug-likeness (QED) is 0.170. The van der Waals surface area contributed by atoms with E-state index in [0.29, 0.717) is 21.9 Å². The van der Waals surface area contributed by atoms with Gasteiger partial charge >= 0.3 is 0 Å². The zero-order valence-electron chi connectivity index (χ0n) is 28.3. The fourth-order valence-corrected chi connectivity index (χ4v) is 10.4. The largest absolute Gasteiger partial charge is 0.456 e. The van der Waals surface area contributed by atoms with Crippen molar-refractivity contribution in [2.45, 2.75) is 0 Å². The summed E-state index contributed by atoms with van der Waals surface area (Å²) in [6.07, 6.45) is 0. The molecule has 4 heteroatoms. The lowest BCUT2D eigenvalue weighted by atomic mass is 9.96. The van der Waals surface area contributed by atoms with E-state index in [1.165, 1.54) is 51.5 Å². The van der Waals surface area contributed by atoms with E-state index in [9.17, 15) is 4.79 Å². The van der Waals surface area contributed by atoms with Crippen molar-refractivity contribution in [1.29, 1.82) is 0 Å². The standard InChI is InChI=1S/C49H28O2S2/c50-47-41-27-31(29-9-5-11-33(25-29)35-15-7-17-39-37-13-1-3-19-45(37)52-48(35)39)21-23-43(41)51-44-24-22-32(28-42(44)47)30-10-6-12-34(26-30)36-16-8-18-40-38-14-2-4-20-46(38)53-49(36)40/h1-28H. The highest BCUT2D eigenvalue weighted by molar-refractivity contribution is 7.26. The highest BCUT2D eigenvalue weighted by Crippen LogP contribution is 2.42. The second kappa shape index (κ2) is 11.9. The first kappa shape index (κ1) is 30.3. The molecule has 3 aromatic heterocycles. The molecular formula is C49H28O2S2. The van der Waals surface area contributed by atoms with Gasteiger partial charge in [-0.05, 0) is 93.0 Å². The summed E-state index contributed by atoms with van der Waals surface area (Å²) in [4.78, 5) is 14.2. The molecule has 0 saturated heterocycles. The average Bonchev–Trinajstić information content (AvgIpc) is 3.80. The maximum absolute atomic E-state index is 14.2. The molecule has 11 aromatic rings. The van der Waals surface area contributed by atoms with E-state index in [2.05, 4.69) is 133 Å². The van der Waals surface area contributed by atoms with Crippen molar-refractivity contribution in [1.82, 2.24) is 0 Å². The third kappa shape index (κ3) is 4.87. The van der Waals surface area contributed by atoms with Crippen LogP contribution in [0.5, 0.6) is 0 Å². The van der Waals surface area contributed by atoms with Crippen molar-refractivity contribution in [2.24, 2.45) is 0 Å². The fraction of sp³-hybridized carbons (Fsp3) is 0. The van der Waals surface area contributed by atoms with Crippen LogP contribution in [-0.2, 0) is 0 Å². The molecule has 0 aliphatic carbocycles. The monoisotopic (exact) mass is 712 g/mol. The first-order chi connectivity index (χ1) is 26.2. The van der Waals surface area contributed by atoms with E-state index in [4.69, 9.17) is 4.42 Å². The molecule has 0 atom stereocenters. The molecule has 0 unspecified atom stereocenters. The topological polar surface area (TPSA) is 30.2 Å². The molecule has 8 aromatic carbocycles. The number of hydrogen-bond acceptors (Lipinski definition) is 4. The molecule has 248 valence electrons.